The van der Waals surface area contributed by atoms with E-state index in [1.165, 1.54) is 19.2 Å². The van der Waals surface area contributed by atoms with Gasteiger partial charge in [-0.2, -0.15) is 0 Å². The first-order valence-corrected chi connectivity index (χ1v) is 8.27. The summed E-state index contributed by atoms with van der Waals surface area (Å²) in [7, 11) is 1.38. The second-order valence-corrected chi connectivity index (χ2v) is 6.17. The van der Waals surface area contributed by atoms with Crippen LogP contribution in [0, 0.1) is 11.6 Å². The largest absolute Gasteiger partial charge is 0.497 e. The van der Waals surface area contributed by atoms with Crippen molar-refractivity contribution < 1.29 is 17.9 Å². The highest BCUT2D eigenvalue weighted by Gasteiger charge is 2.22. The Kier molecular flexibility index (Phi) is 4.38. The minimum atomic E-state index is -0.600. The third kappa shape index (κ3) is 3.17. The number of rotatable bonds is 4. The predicted octanol–water partition coefficient (Wildman–Crippen LogP) is 3.58. The number of hydrogen-bond acceptors (Lipinski definition) is 5. The topological polar surface area (TPSA) is 51.4 Å². The number of furan rings is 1. The van der Waals surface area contributed by atoms with Crippen LogP contribution >= 0.6 is 0 Å². The van der Waals surface area contributed by atoms with Crippen molar-refractivity contribution >= 4 is 0 Å². The second-order valence-electron chi connectivity index (χ2n) is 6.17. The first-order chi connectivity index (χ1) is 12.6. The first kappa shape index (κ1) is 16.7. The van der Waals surface area contributed by atoms with Gasteiger partial charge in [0.25, 0.3) is 0 Å². The van der Waals surface area contributed by atoms with Gasteiger partial charge in [-0.1, -0.05) is 0 Å². The van der Waals surface area contributed by atoms with Crippen LogP contribution in [0.4, 0.5) is 8.78 Å². The number of hydrogen-bond donors (Lipinski definition) is 0. The normalized spacial score (nSPS) is 14.3. The fourth-order valence-corrected chi connectivity index (χ4v) is 3.11. The number of fused-ring (bicyclic) bond motifs is 1. The Bertz CT molecular complexity index is 906. The van der Waals surface area contributed by atoms with Crippen molar-refractivity contribution in [1.29, 1.82) is 0 Å². The predicted molar refractivity (Wildman–Crippen MR) is 90.5 cm³/mol. The molecule has 2 aromatic heterocycles. The average molecular weight is 357 g/mol. The molecule has 0 spiro atoms. The number of halogens is 2. The summed E-state index contributed by atoms with van der Waals surface area (Å²) in [4.78, 5) is 10.9. The van der Waals surface area contributed by atoms with E-state index in [1.807, 2.05) is 11.0 Å². The molecule has 26 heavy (non-hydrogen) atoms. The molecule has 0 saturated heterocycles. The Labute approximate surface area is 149 Å². The minimum absolute atomic E-state index is 0.0439. The maximum Gasteiger partial charge on any atom is 0.195 e. The zero-order chi connectivity index (χ0) is 18.1. The van der Waals surface area contributed by atoms with E-state index in [9.17, 15) is 8.78 Å². The maximum absolute atomic E-state index is 14.2. The van der Waals surface area contributed by atoms with E-state index >= 15 is 0 Å². The Hall–Kier alpha value is -2.80. The highest BCUT2D eigenvalue weighted by molar-refractivity contribution is 5.47. The molecule has 0 saturated carbocycles. The van der Waals surface area contributed by atoms with E-state index in [2.05, 4.69) is 9.97 Å². The van der Waals surface area contributed by atoms with Gasteiger partial charge in [0.1, 0.15) is 17.4 Å². The molecule has 0 N–H and O–H groups in total. The van der Waals surface area contributed by atoms with Gasteiger partial charge < -0.3 is 9.15 Å². The van der Waals surface area contributed by atoms with Gasteiger partial charge in [-0.05, 0) is 12.1 Å². The summed E-state index contributed by atoms with van der Waals surface area (Å²) >= 11 is 0. The van der Waals surface area contributed by atoms with E-state index in [0.29, 0.717) is 31.1 Å². The molecule has 0 radical (unpaired) electrons. The zero-order valence-electron chi connectivity index (χ0n) is 14.2. The lowest BCUT2D eigenvalue weighted by Crippen LogP contribution is -2.31. The molecule has 1 aromatic carbocycles. The van der Waals surface area contributed by atoms with Crippen molar-refractivity contribution in [3.8, 4) is 17.3 Å². The molecule has 134 valence electrons. The van der Waals surface area contributed by atoms with Gasteiger partial charge in [0.2, 0.25) is 0 Å². The standard InChI is InChI=1S/C19H17F2N3O2/c1-25-13-7-15(20)14(16(21)8-13)11-24-5-4-17-12(10-24)9-22-19(23-17)18-3-2-6-26-18/h2-3,6-9H,4-5,10-11H2,1H3. The monoisotopic (exact) mass is 357 g/mol. The number of nitrogens with zero attached hydrogens (tertiary/aromatic N) is 3. The Balaban J connectivity index is 1.53. The minimum Gasteiger partial charge on any atom is -0.497 e. The van der Waals surface area contributed by atoms with Crippen LogP contribution < -0.4 is 4.74 Å². The summed E-state index contributed by atoms with van der Waals surface area (Å²) in [6.07, 6.45) is 4.02. The van der Waals surface area contributed by atoms with Crippen molar-refractivity contribution in [3.63, 3.8) is 0 Å². The van der Waals surface area contributed by atoms with Crippen LogP contribution in [-0.4, -0.2) is 28.5 Å². The molecule has 0 amide bonds. The van der Waals surface area contributed by atoms with Crippen LogP contribution in [0.3, 0.4) is 0 Å². The van der Waals surface area contributed by atoms with Crippen LogP contribution in [-0.2, 0) is 19.5 Å². The molecule has 0 aliphatic carbocycles. The highest BCUT2D eigenvalue weighted by atomic mass is 19.1. The lowest BCUT2D eigenvalue weighted by Gasteiger charge is -2.28. The summed E-state index contributed by atoms with van der Waals surface area (Å²) in [6.45, 7) is 1.38. The van der Waals surface area contributed by atoms with E-state index in [4.69, 9.17) is 9.15 Å². The molecule has 0 atom stereocenters. The number of benzene rings is 1. The molecule has 0 bridgehead atoms. The molecule has 3 aromatic rings. The fourth-order valence-electron chi connectivity index (χ4n) is 3.11. The quantitative estimate of drug-likeness (QED) is 0.714. The summed E-state index contributed by atoms with van der Waals surface area (Å²) < 4.78 is 38.6. The molecule has 0 fully saturated rings. The Morgan fingerprint density at radius 1 is 1.27 bits per heavy atom. The SMILES string of the molecule is COc1cc(F)c(CN2CCc3nc(-c4ccco4)ncc3C2)c(F)c1. The van der Waals surface area contributed by atoms with Crippen LogP contribution in [0.1, 0.15) is 16.8 Å². The molecule has 3 heterocycles. The Morgan fingerprint density at radius 2 is 2.08 bits per heavy atom. The van der Waals surface area contributed by atoms with Crippen molar-refractivity contribution in [2.45, 2.75) is 19.5 Å². The number of methoxy groups -OCH3 is 1. The van der Waals surface area contributed by atoms with Gasteiger partial charge in [0.05, 0.1) is 19.1 Å². The van der Waals surface area contributed by atoms with E-state index in [-0.39, 0.29) is 17.9 Å². The van der Waals surface area contributed by atoms with Gasteiger partial charge in [-0.25, -0.2) is 18.7 Å². The summed E-state index contributed by atoms with van der Waals surface area (Å²) in [5, 5.41) is 0. The third-order valence-electron chi connectivity index (χ3n) is 4.49. The maximum atomic E-state index is 14.2. The fraction of sp³-hybridized carbons (Fsp3) is 0.263. The lowest BCUT2D eigenvalue weighted by atomic mass is 10.1. The van der Waals surface area contributed by atoms with Crippen molar-refractivity contribution in [2.75, 3.05) is 13.7 Å². The first-order valence-electron chi connectivity index (χ1n) is 8.27. The van der Waals surface area contributed by atoms with Crippen molar-refractivity contribution in [3.05, 3.63) is 65.2 Å². The van der Waals surface area contributed by atoms with Crippen LogP contribution in [0.5, 0.6) is 5.75 Å². The molecule has 1 aliphatic heterocycles. The zero-order valence-corrected chi connectivity index (χ0v) is 14.2. The van der Waals surface area contributed by atoms with Crippen LogP contribution in [0.2, 0.25) is 0 Å². The second kappa shape index (κ2) is 6.84. The summed E-state index contributed by atoms with van der Waals surface area (Å²) in [5.41, 5.74) is 1.95. The van der Waals surface area contributed by atoms with Crippen LogP contribution in [0.25, 0.3) is 11.6 Å². The summed E-state index contributed by atoms with van der Waals surface area (Å²) in [5.74, 6) is 0.146. The van der Waals surface area contributed by atoms with Gasteiger partial charge in [0, 0.05) is 55.5 Å². The molecular formula is C19H17F2N3O2. The lowest BCUT2D eigenvalue weighted by molar-refractivity contribution is 0.235. The smallest absolute Gasteiger partial charge is 0.195 e. The number of aromatic nitrogens is 2. The molecule has 5 nitrogen and oxygen atoms in total. The summed E-state index contributed by atoms with van der Waals surface area (Å²) in [6, 6.07) is 6.01. The van der Waals surface area contributed by atoms with E-state index in [0.717, 1.165) is 11.3 Å². The highest BCUT2D eigenvalue weighted by Crippen LogP contribution is 2.25. The number of ether oxygens (including phenoxy) is 1. The van der Waals surface area contributed by atoms with Crippen molar-refractivity contribution in [1.82, 2.24) is 14.9 Å². The van der Waals surface area contributed by atoms with Crippen molar-refractivity contribution in [2.24, 2.45) is 0 Å². The molecule has 4 rings (SSSR count). The molecule has 1 aliphatic rings. The van der Waals surface area contributed by atoms with Gasteiger partial charge in [-0.3, -0.25) is 4.90 Å². The van der Waals surface area contributed by atoms with E-state index < -0.39 is 11.6 Å². The molecule has 0 unspecified atom stereocenters. The molecule has 7 heteroatoms. The Morgan fingerprint density at radius 3 is 2.77 bits per heavy atom. The third-order valence-corrected chi connectivity index (χ3v) is 4.49. The van der Waals surface area contributed by atoms with E-state index in [1.54, 1.807) is 18.5 Å². The average Bonchev–Trinajstić information content (AvgIpc) is 3.18. The van der Waals surface area contributed by atoms with Gasteiger partial charge >= 0.3 is 0 Å². The van der Waals surface area contributed by atoms with Gasteiger partial charge in [0.15, 0.2) is 11.6 Å². The molecular weight excluding hydrogens is 340 g/mol. The van der Waals surface area contributed by atoms with Gasteiger partial charge in [-0.15, -0.1) is 0 Å². The van der Waals surface area contributed by atoms with Crippen LogP contribution in [0.15, 0.2) is 41.1 Å².